The minimum atomic E-state index is -0.293. The van der Waals surface area contributed by atoms with Crippen LogP contribution in [0.4, 0.5) is 11.4 Å². The molecule has 0 aliphatic carbocycles. The zero-order valence-electron chi connectivity index (χ0n) is 25.7. The number of nitrogens with one attached hydrogen (secondary N) is 2. The first kappa shape index (κ1) is 30.6. The van der Waals surface area contributed by atoms with Crippen LogP contribution < -0.4 is 10.6 Å². The van der Waals surface area contributed by atoms with E-state index in [0.717, 1.165) is 53.0 Å². The van der Waals surface area contributed by atoms with Crippen molar-refractivity contribution in [2.75, 3.05) is 43.4 Å². The molecule has 234 valence electrons. The third-order valence-electron chi connectivity index (χ3n) is 8.69. The molecule has 0 radical (unpaired) electrons. The van der Waals surface area contributed by atoms with Crippen molar-refractivity contribution in [1.29, 1.82) is 0 Å². The number of likely N-dealkylation sites (tertiary alicyclic amines) is 1. The van der Waals surface area contributed by atoms with E-state index < -0.39 is 0 Å². The Morgan fingerprint density at radius 2 is 1.58 bits per heavy atom. The molecular weight excluding hydrogens is 570 g/mol. The Morgan fingerprint density at radius 1 is 0.889 bits per heavy atom. The summed E-state index contributed by atoms with van der Waals surface area (Å²) in [4.78, 5) is 35.1. The van der Waals surface area contributed by atoms with E-state index in [-0.39, 0.29) is 24.5 Å². The summed E-state index contributed by atoms with van der Waals surface area (Å²) in [6.45, 7) is 8.94. The topological polar surface area (TPSA) is 136 Å². The van der Waals surface area contributed by atoms with Crippen LogP contribution in [-0.2, 0) is 19.6 Å². The number of amides is 2. The molecule has 6 rings (SSSR count). The summed E-state index contributed by atoms with van der Waals surface area (Å²) in [5.41, 5.74) is 7.69. The predicted molar refractivity (Wildman–Crippen MR) is 172 cm³/mol. The fourth-order valence-electron chi connectivity index (χ4n) is 6.13. The monoisotopic (exact) mass is 609 g/mol. The van der Waals surface area contributed by atoms with Crippen molar-refractivity contribution in [1.82, 2.24) is 24.6 Å². The third-order valence-corrected chi connectivity index (χ3v) is 8.69. The number of carbonyl (C=O) groups excluding carboxylic acids is 2. The second-order valence-corrected chi connectivity index (χ2v) is 11.8. The molecule has 1 saturated heterocycles. The summed E-state index contributed by atoms with van der Waals surface area (Å²) in [7, 11) is 0. The van der Waals surface area contributed by atoms with Crippen LogP contribution in [0.1, 0.15) is 49.8 Å². The number of carbonyl (C=O) groups is 2. The minimum absolute atomic E-state index is 0.101. The molecule has 11 nitrogen and oxygen atoms in total. The molecule has 11 heteroatoms. The van der Waals surface area contributed by atoms with Gasteiger partial charge in [0.2, 0.25) is 0 Å². The lowest BCUT2D eigenvalue weighted by atomic mass is 9.94. The first-order valence-corrected chi connectivity index (χ1v) is 15.4. The maximum absolute atomic E-state index is 13.2. The van der Waals surface area contributed by atoms with Gasteiger partial charge in [-0.3, -0.25) is 29.1 Å². The minimum Gasteiger partial charge on any atom is -0.395 e. The fraction of sp³-hybridized carbons (Fsp3) is 0.353. The van der Waals surface area contributed by atoms with E-state index in [4.69, 9.17) is 0 Å². The van der Waals surface area contributed by atoms with Gasteiger partial charge in [0.15, 0.2) is 5.69 Å². The molecule has 2 aliphatic heterocycles. The molecule has 0 bridgehead atoms. The van der Waals surface area contributed by atoms with Gasteiger partial charge in [-0.05, 0) is 72.4 Å². The number of aliphatic hydroxyl groups excluding tert-OH is 2. The highest BCUT2D eigenvalue weighted by Crippen LogP contribution is 2.34. The molecule has 0 unspecified atom stereocenters. The van der Waals surface area contributed by atoms with E-state index >= 15 is 0 Å². The summed E-state index contributed by atoms with van der Waals surface area (Å²) in [6, 6.07) is 17.0. The van der Waals surface area contributed by atoms with Crippen LogP contribution in [0.5, 0.6) is 0 Å². The van der Waals surface area contributed by atoms with E-state index in [9.17, 15) is 19.8 Å². The molecule has 1 atom stereocenters. The predicted octanol–water partition coefficient (Wildman–Crippen LogP) is 3.44. The highest BCUT2D eigenvalue weighted by Gasteiger charge is 2.22. The highest BCUT2D eigenvalue weighted by atomic mass is 16.3. The van der Waals surface area contributed by atoms with Crippen LogP contribution in [0.25, 0.3) is 11.1 Å². The van der Waals surface area contributed by atoms with Crippen LogP contribution in [0.2, 0.25) is 0 Å². The van der Waals surface area contributed by atoms with Gasteiger partial charge in [-0.25, -0.2) is 0 Å². The number of pyridine rings is 1. The molecular formula is C34H39N7O4. The van der Waals surface area contributed by atoms with Gasteiger partial charge < -0.3 is 20.8 Å². The standard InChI is InChI=1S/C34H39N7O4/c1-22-27(5-3-7-29(22)36-33(44)31-10-9-24(18-35-31)19-40-12-11-26(43)21-40)28-6-4-8-30(23(28)2)37-34(45)32-17-25-20-39(15-16-42)13-14-41(25)38-32/h3-10,17-18,26,42-43H,11-16,19-21H2,1-2H3,(H,36,44)(H,37,45)/t26-/m1/s1. The molecule has 2 aromatic heterocycles. The van der Waals surface area contributed by atoms with Crippen molar-refractivity contribution in [2.45, 2.75) is 46.0 Å². The van der Waals surface area contributed by atoms with Crippen molar-refractivity contribution < 1.29 is 19.8 Å². The number of rotatable bonds is 9. The molecule has 45 heavy (non-hydrogen) atoms. The zero-order chi connectivity index (χ0) is 31.5. The maximum Gasteiger partial charge on any atom is 0.276 e. The van der Waals surface area contributed by atoms with Crippen LogP contribution in [0.3, 0.4) is 0 Å². The van der Waals surface area contributed by atoms with Crippen molar-refractivity contribution in [3.63, 3.8) is 0 Å². The van der Waals surface area contributed by atoms with E-state index in [1.807, 2.05) is 67.1 Å². The first-order valence-electron chi connectivity index (χ1n) is 15.4. The van der Waals surface area contributed by atoms with E-state index in [0.29, 0.717) is 55.5 Å². The Bertz CT molecular complexity index is 1700. The Balaban J connectivity index is 1.15. The van der Waals surface area contributed by atoms with Gasteiger partial charge in [0.1, 0.15) is 5.69 Å². The molecule has 2 amide bonds. The summed E-state index contributed by atoms with van der Waals surface area (Å²) in [5.74, 6) is -0.571. The number of benzene rings is 2. The number of β-amino-alcohol motifs (C(OH)–C–C–N with tert-alkyl or cyclic N) is 2. The Kier molecular flexibility index (Phi) is 9.04. The smallest absolute Gasteiger partial charge is 0.276 e. The lowest BCUT2D eigenvalue weighted by Crippen LogP contribution is -2.35. The maximum atomic E-state index is 13.2. The van der Waals surface area contributed by atoms with Gasteiger partial charge in [-0.15, -0.1) is 0 Å². The largest absolute Gasteiger partial charge is 0.395 e. The lowest BCUT2D eigenvalue weighted by molar-refractivity contribution is 0.101. The van der Waals surface area contributed by atoms with Crippen LogP contribution in [0.15, 0.2) is 60.8 Å². The van der Waals surface area contributed by atoms with Crippen molar-refractivity contribution in [2.24, 2.45) is 0 Å². The van der Waals surface area contributed by atoms with E-state index in [2.05, 4.69) is 30.5 Å². The fourth-order valence-corrected chi connectivity index (χ4v) is 6.13. The highest BCUT2D eigenvalue weighted by molar-refractivity contribution is 6.05. The van der Waals surface area contributed by atoms with Gasteiger partial charge in [0.05, 0.1) is 24.9 Å². The van der Waals surface area contributed by atoms with Gasteiger partial charge in [-0.2, -0.15) is 5.10 Å². The van der Waals surface area contributed by atoms with Crippen molar-refractivity contribution >= 4 is 23.2 Å². The first-order chi connectivity index (χ1) is 21.8. The SMILES string of the molecule is Cc1c(NC(=O)c2ccc(CN3CC[C@@H](O)C3)cn2)cccc1-c1cccc(NC(=O)c2cc3n(n2)CCN(CCO)C3)c1C. The molecule has 0 spiro atoms. The molecule has 2 aromatic carbocycles. The molecule has 0 saturated carbocycles. The normalized spacial score (nSPS) is 16.8. The Morgan fingerprint density at radius 3 is 2.18 bits per heavy atom. The summed E-state index contributed by atoms with van der Waals surface area (Å²) in [5, 5.41) is 29.6. The van der Waals surface area contributed by atoms with Crippen LogP contribution >= 0.6 is 0 Å². The number of anilines is 2. The zero-order valence-corrected chi connectivity index (χ0v) is 25.7. The Labute approximate surface area is 262 Å². The average molecular weight is 610 g/mol. The summed E-state index contributed by atoms with van der Waals surface area (Å²) in [6.07, 6.45) is 2.23. The quantitative estimate of drug-likeness (QED) is 0.227. The molecule has 4 aromatic rings. The number of aliphatic hydroxyl groups is 2. The third kappa shape index (κ3) is 6.81. The second kappa shape index (κ2) is 13.3. The van der Waals surface area contributed by atoms with Crippen LogP contribution in [0, 0.1) is 13.8 Å². The number of aromatic nitrogens is 3. The van der Waals surface area contributed by atoms with Crippen molar-refractivity contribution in [3.8, 4) is 11.1 Å². The molecule has 1 fully saturated rings. The summed E-state index contributed by atoms with van der Waals surface area (Å²) < 4.78 is 1.86. The number of nitrogens with zero attached hydrogens (tertiary/aromatic N) is 5. The molecule has 4 heterocycles. The molecule has 4 N–H and O–H groups in total. The second-order valence-electron chi connectivity index (χ2n) is 11.8. The van der Waals surface area contributed by atoms with Crippen molar-refractivity contribution in [3.05, 3.63) is 94.6 Å². The van der Waals surface area contributed by atoms with Gasteiger partial charge in [-0.1, -0.05) is 30.3 Å². The molecule has 2 aliphatic rings. The number of hydrogen-bond acceptors (Lipinski definition) is 8. The Hall–Kier alpha value is -4.42. The summed E-state index contributed by atoms with van der Waals surface area (Å²) >= 11 is 0. The number of fused-ring (bicyclic) bond motifs is 1. The van der Waals surface area contributed by atoms with Gasteiger partial charge in [0.25, 0.3) is 11.8 Å². The lowest BCUT2D eigenvalue weighted by Gasteiger charge is -2.26. The average Bonchev–Trinajstić information content (AvgIpc) is 3.65. The number of hydrogen-bond donors (Lipinski definition) is 4. The van der Waals surface area contributed by atoms with E-state index in [1.54, 1.807) is 12.3 Å². The van der Waals surface area contributed by atoms with Crippen LogP contribution in [-0.4, -0.2) is 85.5 Å². The van der Waals surface area contributed by atoms with Gasteiger partial charge in [0, 0.05) is 56.8 Å². The van der Waals surface area contributed by atoms with E-state index in [1.165, 1.54) is 0 Å². The van der Waals surface area contributed by atoms with Gasteiger partial charge >= 0.3 is 0 Å².